The molecule has 2 rings (SSSR count). The lowest BCUT2D eigenvalue weighted by molar-refractivity contribution is -0.305. The first-order chi connectivity index (χ1) is 12.7. The number of thioether (sulfide) groups is 1. The molecule has 0 bridgehead atoms. The van der Waals surface area contributed by atoms with Crippen molar-refractivity contribution in [3.05, 3.63) is 44.9 Å². The van der Waals surface area contributed by atoms with E-state index in [1.165, 1.54) is 0 Å². The number of nitrogens with one attached hydrogen (secondary N) is 1. The topological polar surface area (TPSA) is 143 Å². The first-order valence-corrected chi connectivity index (χ1v) is 9.11. The Labute approximate surface area is 160 Å². The zero-order valence-electron chi connectivity index (χ0n) is 15.2. The van der Waals surface area contributed by atoms with Crippen LogP contribution in [0, 0.1) is 20.8 Å². The van der Waals surface area contributed by atoms with E-state index in [1.807, 2.05) is 32.9 Å². The maximum absolute atomic E-state index is 12.2. The van der Waals surface area contributed by atoms with E-state index >= 15 is 0 Å². The molecule has 10 heteroatoms. The zero-order valence-corrected chi connectivity index (χ0v) is 16.1. The van der Waals surface area contributed by atoms with Gasteiger partial charge in [-0.15, -0.1) is 10.2 Å². The van der Waals surface area contributed by atoms with Crippen molar-refractivity contribution in [1.29, 1.82) is 0 Å². The molecule has 0 aliphatic rings. The summed E-state index contributed by atoms with van der Waals surface area (Å²) >= 11 is 0.960. The normalized spacial score (nSPS) is 10.6. The molecule has 27 heavy (non-hydrogen) atoms. The van der Waals surface area contributed by atoms with Crippen molar-refractivity contribution < 1.29 is 14.7 Å². The van der Waals surface area contributed by atoms with Gasteiger partial charge in [-0.25, -0.2) is 0 Å². The second-order valence-electron chi connectivity index (χ2n) is 6.09. The number of carbonyl (C=O) groups excluding carboxylic acids is 2. The molecule has 1 aromatic heterocycles. The molecule has 0 unspecified atom stereocenters. The van der Waals surface area contributed by atoms with E-state index in [-0.39, 0.29) is 35.4 Å². The number of carboxylic acids is 1. The third kappa shape index (κ3) is 5.30. The standard InChI is InChI=1S/C17H21N5O4S/c1-9-6-10(2)15(11(3)7-9)19-13(23)8-27-17-21-20-12(4-5-14(24)25)16(26)22(17)18/h6-7H,4-5,8,18H2,1-3H3,(H,19,23)(H,24,25)/p-1. The molecular weight excluding hydrogens is 370 g/mol. The van der Waals surface area contributed by atoms with Crippen molar-refractivity contribution in [2.45, 2.75) is 38.8 Å². The number of aryl methyl sites for hydroxylation is 4. The molecule has 0 spiro atoms. The van der Waals surface area contributed by atoms with Crippen LogP contribution in [0.15, 0.2) is 22.1 Å². The molecule has 9 nitrogen and oxygen atoms in total. The number of hydrogen-bond acceptors (Lipinski definition) is 8. The third-order valence-corrected chi connectivity index (χ3v) is 4.71. The van der Waals surface area contributed by atoms with Gasteiger partial charge in [0.25, 0.3) is 5.56 Å². The summed E-state index contributed by atoms with van der Waals surface area (Å²) in [4.78, 5) is 34.8. The number of amides is 1. The van der Waals surface area contributed by atoms with Gasteiger partial charge in [0, 0.05) is 18.1 Å². The Morgan fingerprint density at radius 1 is 1.22 bits per heavy atom. The molecule has 0 saturated carbocycles. The fraction of sp³-hybridized carbons (Fsp3) is 0.353. The molecule has 0 fully saturated rings. The van der Waals surface area contributed by atoms with Crippen molar-refractivity contribution in [3.63, 3.8) is 0 Å². The number of nitrogens with zero attached hydrogens (tertiary/aromatic N) is 3. The van der Waals surface area contributed by atoms with Gasteiger partial charge in [-0.3, -0.25) is 9.59 Å². The molecule has 3 N–H and O–H groups in total. The van der Waals surface area contributed by atoms with Crippen LogP contribution in [0.1, 0.15) is 28.8 Å². The molecule has 2 aromatic rings. The van der Waals surface area contributed by atoms with Crippen molar-refractivity contribution in [2.75, 3.05) is 16.9 Å². The number of hydrogen-bond donors (Lipinski definition) is 2. The highest BCUT2D eigenvalue weighted by molar-refractivity contribution is 7.99. The van der Waals surface area contributed by atoms with E-state index < -0.39 is 11.5 Å². The number of anilines is 1. The maximum atomic E-state index is 12.2. The molecule has 0 radical (unpaired) electrons. The second-order valence-corrected chi connectivity index (χ2v) is 7.03. The van der Waals surface area contributed by atoms with E-state index in [1.54, 1.807) is 0 Å². The van der Waals surface area contributed by atoms with E-state index in [0.717, 1.165) is 38.8 Å². The highest BCUT2D eigenvalue weighted by Crippen LogP contribution is 2.22. The largest absolute Gasteiger partial charge is 0.550 e. The number of aromatic nitrogens is 3. The predicted molar refractivity (Wildman–Crippen MR) is 99.8 cm³/mol. The van der Waals surface area contributed by atoms with E-state index in [2.05, 4.69) is 15.5 Å². The highest BCUT2D eigenvalue weighted by atomic mass is 32.2. The van der Waals surface area contributed by atoms with Gasteiger partial charge in [0.1, 0.15) is 5.69 Å². The SMILES string of the molecule is Cc1cc(C)c(NC(=O)CSc2nnc(CCC(=O)[O-])c(=O)n2N)c(C)c1. The molecule has 144 valence electrons. The van der Waals surface area contributed by atoms with Crippen LogP contribution in [0.5, 0.6) is 0 Å². The Balaban J connectivity index is 2.04. The maximum Gasteiger partial charge on any atom is 0.294 e. The van der Waals surface area contributed by atoms with Crippen LogP contribution in [0.2, 0.25) is 0 Å². The second kappa shape index (κ2) is 8.67. The summed E-state index contributed by atoms with van der Waals surface area (Å²) in [5, 5.41) is 20.9. The van der Waals surface area contributed by atoms with Gasteiger partial charge in [0.2, 0.25) is 11.1 Å². The van der Waals surface area contributed by atoms with Crippen molar-refractivity contribution in [1.82, 2.24) is 14.9 Å². The minimum atomic E-state index is -1.29. The molecule has 0 atom stereocenters. The zero-order chi connectivity index (χ0) is 20.1. The van der Waals surface area contributed by atoms with E-state index in [0.29, 0.717) is 0 Å². The molecule has 0 aliphatic heterocycles. The number of nitrogen functional groups attached to an aromatic ring is 1. The summed E-state index contributed by atoms with van der Waals surface area (Å²) in [6.45, 7) is 5.81. The fourth-order valence-electron chi connectivity index (χ4n) is 2.58. The van der Waals surface area contributed by atoms with Gasteiger partial charge >= 0.3 is 0 Å². The fourth-order valence-corrected chi connectivity index (χ4v) is 3.23. The number of rotatable bonds is 7. The smallest absolute Gasteiger partial charge is 0.294 e. The monoisotopic (exact) mass is 390 g/mol. The Kier molecular flexibility index (Phi) is 6.56. The number of carbonyl (C=O) groups is 2. The predicted octanol–water partition coefficient (Wildman–Crippen LogP) is -0.309. The van der Waals surface area contributed by atoms with Gasteiger partial charge in [-0.05, 0) is 38.3 Å². The van der Waals surface area contributed by atoms with Gasteiger partial charge in [-0.2, -0.15) is 4.68 Å². The molecule has 0 saturated heterocycles. The minimum Gasteiger partial charge on any atom is -0.550 e. The van der Waals surface area contributed by atoms with Gasteiger partial charge in [0.05, 0.1) is 5.75 Å². The summed E-state index contributed by atoms with van der Waals surface area (Å²) in [6, 6.07) is 3.95. The lowest BCUT2D eigenvalue weighted by Crippen LogP contribution is -2.34. The lowest BCUT2D eigenvalue weighted by Gasteiger charge is -2.13. The molecule has 1 aromatic carbocycles. The third-order valence-electron chi connectivity index (χ3n) is 3.77. The Bertz CT molecular complexity index is 918. The Hall–Kier alpha value is -2.88. The van der Waals surface area contributed by atoms with Crippen LogP contribution >= 0.6 is 11.8 Å². The highest BCUT2D eigenvalue weighted by Gasteiger charge is 2.14. The van der Waals surface area contributed by atoms with Gasteiger partial charge in [-0.1, -0.05) is 29.5 Å². The quantitative estimate of drug-likeness (QED) is 0.484. The molecule has 0 aliphatic carbocycles. The van der Waals surface area contributed by atoms with Crippen LogP contribution in [0.3, 0.4) is 0 Å². The average molecular weight is 390 g/mol. The van der Waals surface area contributed by atoms with E-state index in [9.17, 15) is 19.5 Å². The first-order valence-electron chi connectivity index (χ1n) is 8.13. The average Bonchev–Trinajstić information content (AvgIpc) is 2.58. The Morgan fingerprint density at radius 2 is 1.85 bits per heavy atom. The van der Waals surface area contributed by atoms with Crippen molar-refractivity contribution >= 4 is 29.3 Å². The van der Waals surface area contributed by atoms with Crippen LogP contribution in [0.25, 0.3) is 0 Å². The van der Waals surface area contributed by atoms with Crippen LogP contribution in [-0.2, 0) is 16.0 Å². The van der Waals surface area contributed by atoms with Crippen LogP contribution in [-0.4, -0.2) is 32.5 Å². The lowest BCUT2D eigenvalue weighted by atomic mass is 10.1. The molecular formula is C17H20N5O4S-. The summed E-state index contributed by atoms with van der Waals surface area (Å²) in [6.07, 6.45) is -0.475. The Morgan fingerprint density at radius 3 is 2.44 bits per heavy atom. The number of aliphatic carboxylic acids is 1. The summed E-state index contributed by atoms with van der Waals surface area (Å²) in [5.74, 6) is 4.09. The number of benzene rings is 1. The molecule has 1 amide bonds. The number of nitrogens with two attached hydrogens (primary N) is 1. The summed E-state index contributed by atoms with van der Waals surface area (Å²) < 4.78 is 0.762. The first kappa shape index (κ1) is 20.4. The van der Waals surface area contributed by atoms with Gasteiger partial charge in [0.15, 0.2) is 0 Å². The van der Waals surface area contributed by atoms with Crippen molar-refractivity contribution in [3.8, 4) is 0 Å². The summed E-state index contributed by atoms with van der Waals surface area (Å²) in [7, 11) is 0. The van der Waals surface area contributed by atoms with Crippen LogP contribution in [0.4, 0.5) is 5.69 Å². The number of carboxylic acid groups (broad SMARTS) is 1. The van der Waals surface area contributed by atoms with Gasteiger partial charge < -0.3 is 21.1 Å². The minimum absolute atomic E-state index is 0.0174. The van der Waals surface area contributed by atoms with Crippen molar-refractivity contribution in [2.24, 2.45) is 0 Å². The van der Waals surface area contributed by atoms with Crippen LogP contribution < -0.4 is 21.8 Å². The summed E-state index contributed by atoms with van der Waals surface area (Å²) in [5.41, 5.74) is 3.05. The molecule has 1 heterocycles. The van der Waals surface area contributed by atoms with E-state index in [4.69, 9.17) is 5.84 Å².